The Balaban J connectivity index is 1.84. The van der Waals surface area contributed by atoms with E-state index in [0.717, 1.165) is 15.4 Å². The van der Waals surface area contributed by atoms with Crippen molar-refractivity contribution < 1.29 is 18.0 Å². The van der Waals surface area contributed by atoms with Crippen LogP contribution < -0.4 is 9.62 Å². The summed E-state index contributed by atoms with van der Waals surface area (Å²) in [6.45, 7) is 3.13. The van der Waals surface area contributed by atoms with Crippen molar-refractivity contribution in [2.75, 3.05) is 17.4 Å². The van der Waals surface area contributed by atoms with Gasteiger partial charge in [-0.25, -0.2) is 8.42 Å². The lowest BCUT2D eigenvalue weighted by Gasteiger charge is -2.34. The highest BCUT2D eigenvalue weighted by Crippen LogP contribution is 2.34. The second kappa shape index (κ2) is 15.3. The Bertz CT molecular complexity index is 1770. The van der Waals surface area contributed by atoms with Gasteiger partial charge in [0.25, 0.3) is 10.0 Å². The quantitative estimate of drug-likeness (QED) is 0.165. The lowest BCUT2D eigenvalue weighted by molar-refractivity contribution is -0.140. The highest BCUT2D eigenvalue weighted by atomic mass is 35.5. The molecular formula is C33H31Cl4N3O4S. The molecule has 0 fully saturated rings. The molecule has 2 amide bonds. The van der Waals surface area contributed by atoms with Gasteiger partial charge in [-0.3, -0.25) is 13.9 Å². The number of sulfonamides is 1. The molecular weight excluding hydrogens is 676 g/mol. The van der Waals surface area contributed by atoms with Crippen LogP contribution in [0.4, 0.5) is 5.69 Å². The zero-order chi connectivity index (χ0) is 32.7. The first-order valence-corrected chi connectivity index (χ1v) is 17.0. The SMILES string of the molecule is CCNC(=O)[C@H](Cc1ccccc1)N(Cc1ccc(Cl)cc1Cl)C(=O)CN(c1cc(Cl)ccc1Cl)S(=O)(=O)c1ccc(C)cc1. The molecule has 0 bridgehead atoms. The number of likely N-dealkylation sites (N-methyl/N-ethyl adjacent to an activating group) is 1. The molecule has 236 valence electrons. The second-order valence-electron chi connectivity index (χ2n) is 10.3. The van der Waals surface area contributed by atoms with Crippen LogP contribution in [0.1, 0.15) is 23.6 Å². The molecule has 0 aliphatic heterocycles. The number of aryl methyl sites for hydroxylation is 1. The highest BCUT2D eigenvalue weighted by Gasteiger charge is 2.35. The molecule has 4 aromatic rings. The predicted octanol–water partition coefficient (Wildman–Crippen LogP) is 7.58. The summed E-state index contributed by atoms with van der Waals surface area (Å²) >= 11 is 25.5. The standard InChI is InChI=1S/C33H31Cl4N3O4S/c1-3-38-33(42)31(17-23-7-5-4-6-8-23)39(20-24-11-12-25(34)18-29(24)37)32(41)21-40(30-19-26(35)13-16-28(30)36)45(43,44)27-14-9-22(2)10-15-27/h4-16,18-19,31H,3,17,20-21H2,1-2H3,(H,38,42)/t31-/m0/s1. The van der Waals surface area contributed by atoms with E-state index < -0.39 is 34.4 Å². The average Bonchev–Trinajstić information content (AvgIpc) is 3.00. The molecule has 4 aromatic carbocycles. The summed E-state index contributed by atoms with van der Waals surface area (Å²) in [5, 5.41) is 3.80. The third-order valence-corrected chi connectivity index (χ3v) is 9.96. The van der Waals surface area contributed by atoms with Crippen LogP contribution in [0.25, 0.3) is 0 Å². The zero-order valence-corrected chi connectivity index (χ0v) is 28.4. The minimum absolute atomic E-state index is 0.0141. The summed E-state index contributed by atoms with van der Waals surface area (Å²) in [5.74, 6) is -1.08. The largest absolute Gasteiger partial charge is 0.355 e. The van der Waals surface area contributed by atoms with Gasteiger partial charge in [-0.2, -0.15) is 0 Å². The normalized spacial score (nSPS) is 12.0. The van der Waals surface area contributed by atoms with Crippen molar-refractivity contribution in [1.29, 1.82) is 0 Å². The van der Waals surface area contributed by atoms with Crippen LogP contribution in [0.3, 0.4) is 0 Å². The molecule has 0 unspecified atom stereocenters. The lowest BCUT2D eigenvalue weighted by atomic mass is 10.0. The Hall–Kier alpha value is -3.27. The predicted molar refractivity (Wildman–Crippen MR) is 182 cm³/mol. The molecule has 7 nitrogen and oxygen atoms in total. The van der Waals surface area contributed by atoms with E-state index in [0.29, 0.717) is 17.1 Å². The van der Waals surface area contributed by atoms with Gasteiger partial charge in [0.05, 0.1) is 15.6 Å². The molecule has 4 rings (SSSR count). The number of rotatable bonds is 12. The highest BCUT2D eigenvalue weighted by molar-refractivity contribution is 7.92. The Morgan fingerprint density at radius 3 is 2.11 bits per heavy atom. The van der Waals surface area contributed by atoms with E-state index in [1.807, 2.05) is 37.3 Å². The Morgan fingerprint density at radius 1 is 0.822 bits per heavy atom. The van der Waals surface area contributed by atoms with E-state index in [4.69, 9.17) is 46.4 Å². The number of carbonyl (C=O) groups is 2. The van der Waals surface area contributed by atoms with Gasteiger partial charge in [0.1, 0.15) is 12.6 Å². The van der Waals surface area contributed by atoms with Gasteiger partial charge in [0.15, 0.2) is 0 Å². The van der Waals surface area contributed by atoms with E-state index in [-0.39, 0.29) is 38.6 Å². The van der Waals surface area contributed by atoms with Crippen LogP contribution in [0, 0.1) is 6.92 Å². The van der Waals surface area contributed by atoms with Crippen molar-refractivity contribution in [2.45, 2.75) is 37.8 Å². The number of benzene rings is 4. The van der Waals surface area contributed by atoms with Crippen LogP contribution in [0.5, 0.6) is 0 Å². The van der Waals surface area contributed by atoms with Gasteiger partial charge >= 0.3 is 0 Å². The monoisotopic (exact) mass is 705 g/mol. The number of halogens is 4. The third-order valence-electron chi connectivity index (χ3n) is 7.04. The van der Waals surface area contributed by atoms with Crippen LogP contribution in [-0.2, 0) is 32.6 Å². The number of hydrogen-bond acceptors (Lipinski definition) is 4. The first kappa shape index (κ1) is 34.6. The maximum atomic E-state index is 14.5. The lowest BCUT2D eigenvalue weighted by Crippen LogP contribution is -2.53. The molecule has 0 heterocycles. The molecule has 1 N–H and O–H groups in total. The fourth-order valence-electron chi connectivity index (χ4n) is 4.71. The number of nitrogens with zero attached hydrogens (tertiary/aromatic N) is 2. The molecule has 0 aliphatic carbocycles. The summed E-state index contributed by atoms with van der Waals surface area (Å²) in [6, 6.07) is 23.6. The van der Waals surface area contributed by atoms with Crippen molar-refractivity contribution in [3.63, 3.8) is 0 Å². The first-order chi connectivity index (χ1) is 21.4. The van der Waals surface area contributed by atoms with Crippen molar-refractivity contribution in [3.8, 4) is 0 Å². The van der Waals surface area contributed by atoms with Crippen molar-refractivity contribution in [3.05, 3.63) is 128 Å². The molecule has 0 aliphatic rings. The van der Waals surface area contributed by atoms with Gasteiger partial charge in [-0.05, 0) is 67.4 Å². The minimum Gasteiger partial charge on any atom is -0.355 e. The number of hydrogen-bond donors (Lipinski definition) is 1. The Morgan fingerprint density at radius 2 is 1.47 bits per heavy atom. The summed E-state index contributed by atoms with van der Waals surface area (Å²) in [4.78, 5) is 29.4. The van der Waals surface area contributed by atoms with Gasteiger partial charge in [-0.15, -0.1) is 0 Å². The van der Waals surface area contributed by atoms with Crippen molar-refractivity contribution in [1.82, 2.24) is 10.2 Å². The van der Waals surface area contributed by atoms with E-state index in [2.05, 4.69) is 5.32 Å². The Labute approximate surface area is 283 Å². The van der Waals surface area contributed by atoms with Gasteiger partial charge in [0.2, 0.25) is 11.8 Å². The number of anilines is 1. The summed E-state index contributed by atoms with van der Waals surface area (Å²) in [5.41, 5.74) is 2.19. The smallest absolute Gasteiger partial charge is 0.264 e. The summed E-state index contributed by atoms with van der Waals surface area (Å²) < 4.78 is 29.2. The summed E-state index contributed by atoms with van der Waals surface area (Å²) in [6.07, 6.45) is 0.159. The maximum Gasteiger partial charge on any atom is 0.264 e. The van der Waals surface area contributed by atoms with Crippen LogP contribution in [0.2, 0.25) is 20.1 Å². The van der Waals surface area contributed by atoms with Gasteiger partial charge < -0.3 is 10.2 Å². The fourth-order valence-corrected chi connectivity index (χ4v) is 7.04. The van der Waals surface area contributed by atoms with E-state index in [1.54, 1.807) is 37.3 Å². The number of nitrogens with one attached hydrogen (secondary N) is 1. The van der Waals surface area contributed by atoms with Crippen LogP contribution in [0.15, 0.2) is 95.9 Å². The molecule has 45 heavy (non-hydrogen) atoms. The van der Waals surface area contributed by atoms with E-state index in [9.17, 15) is 18.0 Å². The molecule has 12 heteroatoms. The van der Waals surface area contributed by atoms with Crippen LogP contribution >= 0.6 is 46.4 Å². The fraction of sp³-hybridized carbons (Fsp3) is 0.212. The summed E-state index contributed by atoms with van der Waals surface area (Å²) in [7, 11) is -4.34. The van der Waals surface area contributed by atoms with Crippen molar-refractivity contribution in [2.24, 2.45) is 0 Å². The minimum atomic E-state index is -4.34. The van der Waals surface area contributed by atoms with Gasteiger partial charge in [-0.1, -0.05) is 100 Å². The van der Waals surface area contributed by atoms with Crippen LogP contribution in [-0.4, -0.2) is 44.3 Å². The average molecular weight is 708 g/mol. The van der Waals surface area contributed by atoms with Gasteiger partial charge in [0, 0.05) is 34.6 Å². The molecule has 0 aromatic heterocycles. The van der Waals surface area contributed by atoms with E-state index in [1.165, 1.54) is 35.2 Å². The topological polar surface area (TPSA) is 86.8 Å². The zero-order valence-electron chi connectivity index (χ0n) is 24.5. The first-order valence-electron chi connectivity index (χ1n) is 14.0. The third kappa shape index (κ3) is 8.71. The molecule has 1 atom stereocenters. The number of amides is 2. The van der Waals surface area contributed by atoms with Crippen molar-refractivity contribution >= 4 is 73.9 Å². The Kier molecular flexibility index (Phi) is 11.8. The second-order valence-corrected chi connectivity index (χ2v) is 13.8. The maximum absolute atomic E-state index is 14.5. The molecule has 0 saturated carbocycles. The number of carbonyl (C=O) groups excluding carboxylic acids is 2. The molecule has 0 spiro atoms. The molecule has 0 radical (unpaired) electrons. The van der Waals surface area contributed by atoms with E-state index >= 15 is 0 Å². The molecule has 0 saturated heterocycles.